The van der Waals surface area contributed by atoms with Crippen LogP contribution in [0.4, 0.5) is 0 Å². The van der Waals surface area contributed by atoms with Gasteiger partial charge in [-0.2, -0.15) is 0 Å². The van der Waals surface area contributed by atoms with Crippen LogP contribution in [0.15, 0.2) is 74.8 Å². The standard InChI is InChI=1S/C21H19ClO6S/c22-16-7-4-8-18(11-16)29(25,26)10-9-17-12-19(24)21(20(13-23)28-17)27-14-15-5-2-1-3-6-15/h1-8,11-12,23H,9-10,13-14H2. The third-order valence-electron chi connectivity index (χ3n) is 4.17. The summed E-state index contributed by atoms with van der Waals surface area (Å²) >= 11 is 5.85. The van der Waals surface area contributed by atoms with Gasteiger partial charge in [0.1, 0.15) is 19.0 Å². The van der Waals surface area contributed by atoms with Crippen LogP contribution in [-0.4, -0.2) is 19.3 Å². The average molecular weight is 435 g/mol. The molecule has 3 aromatic rings. The molecular formula is C21H19ClO6S. The van der Waals surface area contributed by atoms with Crippen molar-refractivity contribution in [2.75, 3.05) is 5.75 Å². The lowest BCUT2D eigenvalue weighted by Gasteiger charge is -2.11. The molecule has 3 rings (SSSR count). The maximum atomic E-state index is 12.5. The van der Waals surface area contributed by atoms with Crippen molar-refractivity contribution in [3.8, 4) is 5.75 Å². The molecule has 8 heteroatoms. The van der Waals surface area contributed by atoms with Gasteiger partial charge in [-0.25, -0.2) is 8.42 Å². The van der Waals surface area contributed by atoms with E-state index in [4.69, 9.17) is 20.8 Å². The van der Waals surface area contributed by atoms with E-state index in [9.17, 15) is 18.3 Å². The Morgan fingerprint density at radius 3 is 2.48 bits per heavy atom. The Kier molecular flexibility index (Phi) is 6.74. The van der Waals surface area contributed by atoms with Gasteiger partial charge in [-0.15, -0.1) is 0 Å². The minimum absolute atomic E-state index is 0.0317. The molecule has 0 fully saturated rings. The average Bonchev–Trinajstić information content (AvgIpc) is 2.72. The highest BCUT2D eigenvalue weighted by molar-refractivity contribution is 7.91. The molecule has 1 aromatic heterocycles. The minimum atomic E-state index is -3.61. The predicted octanol–water partition coefficient (Wildman–Crippen LogP) is 3.38. The fourth-order valence-corrected chi connectivity index (χ4v) is 4.26. The van der Waals surface area contributed by atoms with E-state index in [1.54, 1.807) is 12.1 Å². The number of sulfone groups is 1. The topological polar surface area (TPSA) is 93.8 Å². The summed E-state index contributed by atoms with van der Waals surface area (Å²) in [5.74, 6) is -0.246. The lowest BCUT2D eigenvalue weighted by molar-refractivity contribution is 0.213. The SMILES string of the molecule is O=c1cc(CCS(=O)(=O)c2cccc(Cl)c2)oc(CO)c1OCc1ccccc1. The van der Waals surface area contributed by atoms with Crippen LogP contribution in [0.3, 0.4) is 0 Å². The first-order valence-electron chi connectivity index (χ1n) is 8.81. The van der Waals surface area contributed by atoms with Crippen molar-refractivity contribution in [3.05, 3.63) is 93.0 Å². The Morgan fingerprint density at radius 1 is 1.03 bits per heavy atom. The van der Waals surface area contributed by atoms with E-state index in [2.05, 4.69) is 0 Å². The third kappa shape index (κ3) is 5.47. The molecule has 0 aliphatic carbocycles. The normalized spacial score (nSPS) is 11.4. The van der Waals surface area contributed by atoms with Crippen LogP contribution < -0.4 is 10.2 Å². The number of aliphatic hydroxyl groups excluding tert-OH is 1. The quantitative estimate of drug-likeness (QED) is 0.584. The Balaban J connectivity index is 1.75. The molecular weight excluding hydrogens is 416 g/mol. The van der Waals surface area contributed by atoms with Crippen LogP contribution in [0.1, 0.15) is 17.1 Å². The third-order valence-corrected chi connectivity index (χ3v) is 6.11. The number of hydrogen-bond acceptors (Lipinski definition) is 6. The van der Waals surface area contributed by atoms with Crippen LogP contribution in [0.2, 0.25) is 5.02 Å². The molecule has 0 spiro atoms. The molecule has 0 saturated carbocycles. The molecule has 0 aliphatic rings. The second-order valence-corrected chi connectivity index (χ2v) is 8.83. The lowest BCUT2D eigenvalue weighted by Crippen LogP contribution is -2.14. The number of ether oxygens (including phenoxy) is 1. The van der Waals surface area contributed by atoms with E-state index in [0.717, 1.165) is 5.56 Å². The van der Waals surface area contributed by atoms with Gasteiger partial charge < -0.3 is 14.3 Å². The highest BCUT2D eigenvalue weighted by Crippen LogP contribution is 2.20. The van der Waals surface area contributed by atoms with E-state index >= 15 is 0 Å². The first-order valence-corrected chi connectivity index (χ1v) is 10.8. The van der Waals surface area contributed by atoms with E-state index in [0.29, 0.717) is 5.02 Å². The van der Waals surface area contributed by atoms with Crippen molar-refractivity contribution >= 4 is 21.4 Å². The van der Waals surface area contributed by atoms with Gasteiger partial charge in [-0.05, 0) is 23.8 Å². The number of halogens is 1. The second kappa shape index (κ2) is 9.26. The number of hydrogen-bond donors (Lipinski definition) is 1. The van der Waals surface area contributed by atoms with Crippen molar-refractivity contribution in [2.24, 2.45) is 0 Å². The molecule has 0 amide bonds. The minimum Gasteiger partial charge on any atom is -0.482 e. The maximum Gasteiger partial charge on any atom is 0.227 e. The Morgan fingerprint density at radius 2 is 1.79 bits per heavy atom. The summed E-state index contributed by atoms with van der Waals surface area (Å²) in [6.07, 6.45) is -0.0317. The van der Waals surface area contributed by atoms with E-state index < -0.39 is 21.9 Å². The molecule has 0 atom stereocenters. The number of rotatable bonds is 8. The van der Waals surface area contributed by atoms with Crippen LogP contribution in [0.5, 0.6) is 5.75 Å². The first kappa shape index (κ1) is 21.1. The van der Waals surface area contributed by atoms with Crippen molar-refractivity contribution in [2.45, 2.75) is 24.5 Å². The Bertz CT molecular complexity index is 1140. The molecule has 152 valence electrons. The number of aryl methyl sites for hydroxylation is 1. The highest BCUT2D eigenvalue weighted by atomic mass is 35.5. The van der Waals surface area contributed by atoms with Crippen molar-refractivity contribution in [1.29, 1.82) is 0 Å². The zero-order chi connectivity index (χ0) is 20.9. The van der Waals surface area contributed by atoms with Gasteiger partial charge in [-0.3, -0.25) is 4.79 Å². The van der Waals surface area contributed by atoms with Gasteiger partial charge in [0, 0.05) is 17.5 Å². The molecule has 0 unspecified atom stereocenters. The van der Waals surface area contributed by atoms with Crippen LogP contribution in [0, 0.1) is 0 Å². The summed E-state index contributed by atoms with van der Waals surface area (Å²) in [7, 11) is -3.61. The molecule has 29 heavy (non-hydrogen) atoms. The van der Waals surface area contributed by atoms with E-state index in [-0.39, 0.29) is 40.9 Å². The summed E-state index contributed by atoms with van der Waals surface area (Å²) in [6, 6.07) is 16.4. The van der Waals surface area contributed by atoms with Crippen LogP contribution >= 0.6 is 11.6 Å². The van der Waals surface area contributed by atoms with E-state index in [1.165, 1.54) is 18.2 Å². The first-order chi connectivity index (χ1) is 13.9. The molecule has 1 heterocycles. The van der Waals surface area contributed by atoms with Crippen LogP contribution in [-0.2, 0) is 29.5 Å². The largest absolute Gasteiger partial charge is 0.482 e. The predicted molar refractivity (Wildman–Crippen MR) is 109 cm³/mol. The van der Waals surface area contributed by atoms with Crippen molar-refractivity contribution in [1.82, 2.24) is 0 Å². The maximum absolute atomic E-state index is 12.5. The molecule has 0 bridgehead atoms. The highest BCUT2D eigenvalue weighted by Gasteiger charge is 2.18. The van der Waals surface area contributed by atoms with Gasteiger partial charge >= 0.3 is 0 Å². The summed E-state index contributed by atoms with van der Waals surface area (Å²) in [4.78, 5) is 12.5. The van der Waals surface area contributed by atoms with Gasteiger partial charge in [0.15, 0.2) is 15.6 Å². The molecule has 0 saturated heterocycles. The summed E-state index contributed by atoms with van der Waals surface area (Å²) < 4.78 is 36.0. The van der Waals surface area contributed by atoms with Gasteiger partial charge in [-0.1, -0.05) is 48.0 Å². The van der Waals surface area contributed by atoms with Gasteiger partial charge in [0.2, 0.25) is 11.2 Å². The van der Waals surface area contributed by atoms with E-state index in [1.807, 2.05) is 30.3 Å². The fourth-order valence-electron chi connectivity index (χ4n) is 2.71. The van der Waals surface area contributed by atoms with Gasteiger partial charge in [0.05, 0.1) is 10.6 Å². The molecule has 1 N–H and O–H groups in total. The molecule has 0 radical (unpaired) electrons. The Labute approximate surface area is 173 Å². The lowest BCUT2D eigenvalue weighted by atomic mass is 10.2. The zero-order valence-corrected chi connectivity index (χ0v) is 16.9. The summed E-state index contributed by atoms with van der Waals surface area (Å²) in [6.45, 7) is -0.407. The zero-order valence-electron chi connectivity index (χ0n) is 15.4. The Hall–Kier alpha value is -2.61. The fraction of sp³-hybridized carbons (Fsp3) is 0.190. The molecule has 2 aromatic carbocycles. The molecule has 6 nitrogen and oxygen atoms in total. The van der Waals surface area contributed by atoms with Crippen molar-refractivity contribution in [3.63, 3.8) is 0 Å². The van der Waals surface area contributed by atoms with Crippen molar-refractivity contribution < 1.29 is 22.7 Å². The summed E-state index contributed by atoms with van der Waals surface area (Å²) in [5.41, 5.74) is 0.374. The second-order valence-electron chi connectivity index (χ2n) is 6.29. The smallest absolute Gasteiger partial charge is 0.227 e. The van der Waals surface area contributed by atoms with Crippen LogP contribution in [0.25, 0.3) is 0 Å². The molecule has 0 aliphatic heterocycles. The number of benzene rings is 2. The van der Waals surface area contributed by atoms with Gasteiger partial charge in [0.25, 0.3) is 0 Å². The number of aliphatic hydroxyl groups is 1. The monoisotopic (exact) mass is 434 g/mol. The summed E-state index contributed by atoms with van der Waals surface area (Å²) in [5, 5.41) is 9.88.